The van der Waals surface area contributed by atoms with Crippen molar-refractivity contribution in [2.45, 2.75) is 57.4 Å². The van der Waals surface area contributed by atoms with Crippen LogP contribution in [0.3, 0.4) is 0 Å². The number of aromatic nitrogens is 2. The predicted molar refractivity (Wildman–Crippen MR) is 109 cm³/mol. The van der Waals surface area contributed by atoms with Crippen molar-refractivity contribution in [2.24, 2.45) is 5.41 Å². The van der Waals surface area contributed by atoms with E-state index in [1.54, 1.807) is 0 Å². The number of hydrogen-bond donors (Lipinski definition) is 0. The van der Waals surface area contributed by atoms with Gasteiger partial charge in [0, 0.05) is 25.4 Å². The van der Waals surface area contributed by atoms with E-state index >= 15 is 0 Å². The molecular weight excluding hydrogens is 364 g/mol. The van der Waals surface area contributed by atoms with E-state index in [1.165, 1.54) is 18.4 Å². The average molecular weight is 395 g/mol. The Labute approximate surface area is 172 Å². The van der Waals surface area contributed by atoms with Crippen molar-refractivity contribution >= 4 is 5.91 Å². The van der Waals surface area contributed by atoms with Crippen LogP contribution in [0.25, 0.3) is 0 Å². The van der Waals surface area contributed by atoms with Crippen LogP contribution < -0.4 is 0 Å². The Hall–Kier alpha value is -2.21. The van der Waals surface area contributed by atoms with Crippen molar-refractivity contribution in [3.05, 3.63) is 47.7 Å². The van der Waals surface area contributed by atoms with Crippen LogP contribution in [0, 0.1) is 5.41 Å². The van der Waals surface area contributed by atoms with E-state index in [2.05, 4.69) is 44.3 Å². The second kappa shape index (κ2) is 7.90. The molecule has 0 radical (unpaired) electrons. The first-order valence-electron chi connectivity index (χ1n) is 11.1. The first kappa shape index (κ1) is 18.8. The molecule has 154 valence electrons. The monoisotopic (exact) mass is 394 g/mol. The van der Waals surface area contributed by atoms with Crippen molar-refractivity contribution in [1.29, 1.82) is 0 Å². The molecule has 3 fully saturated rings. The highest BCUT2D eigenvalue weighted by Crippen LogP contribution is 2.41. The lowest BCUT2D eigenvalue weighted by atomic mass is 9.72. The van der Waals surface area contributed by atoms with Crippen molar-refractivity contribution in [3.8, 4) is 0 Å². The number of piperidine rings is 2. The number of carbonyl (C=O) groups excluding carboxylic acids is 1. The lowest BCUT2D eigenvalue weighted by Gasteiger charge is -2.47. The minimum Gasteiger partial charge on any atom is -0.424 e. The number of rotatable bonds is 6. The van der Waals surface area contributed by atoms with Crippen LogP contribution in [-0.2, 0) is 17.8 Å². The van der Waals surface area contributed by atoms with Crippen LogP contribution >= 0.6 is 0 Å². The van der Waals surface area contributed by atoms with Crippen LogP contribution in [0.1, 0.15) is 61.8 Å². The van der Waals surface area contributed by atoms with Gasteiger partial charge in [0.25, 0.3) is 0 Å². The van der Waals surface area contributed by atoms with Crippen LogP contribution in [0.15, 0.2) is 34.7 Å². The molecule has 2 aliphatic heterocycles. The summed E-state index contributed by atoms with van der Waals surface area (Å²) >= 11 is 0. The number of amides is 1. The van der Waals surface area contributed by atoms with Gasteiger partial charge >= 0.3 is 0 Å². The van der Waals surface area contributed by atoms with E-state index in [0.717, 1.165) is 70.2 Å². The first-order chi connectivity index (χ1) is 14.2. The van der Waals surface area contributed by atoms with Crippen LogP contribution in [0.5, 0.6) is 0 Å². The standard InChI is InChI=1S/C23H30N4O2/c28-21-8-10-23(17-27(21)13-9-18-4-2-1-3-5-18)11-14-26(15-12-23)16-20-24-25-22(29-20)19-6-7-19/h1-5,19H,6-17H2. The molecule has 1 aromatic heterocycles. The Bertz CT molecular complexity index is 838. The number of benzene rings is 1. The van der Waals surface area contributed by atoms with Gasteiger partial charge in [-0.3, -0.25) is 9.69 Å². The minimum atomic E-state index is 0.287. The van der Waals surface area contributed by atoms with Gasteiger partial charge in [0.1, 0.15) is 0 Å². The van der Waals surface area contributed by atoms with Gasteiger partial charge in [-0.15, -0.1) is 10.2 Å². The molecule has 6 nitrogen and oxygen atoms in total. The van der Waals surface area contributed by atoms with Gasteiger partial charge in [-0.2, -0.15) is 0 Å². The third kappa shape index (κ3) is 4.37. The third-order valence-electron chi connectivity index (χ3n) is 6.95. The zero-order valence-corrected chi connectivity index (χ0v) is 17.1. The first-order valence-corrected chi connectivity index (χ1v) is 11.1. The highest BCUT2D eigenvalue weighted by Gasteiger charge is 2.41. The van der Waals surface area contributed by atoms with E-state index in [0.29, 0.717) is 18.2 Å². The van der Waals surface area contributed by atoms with E-state index in [-0.39, 0.29) is 5.41 Å². The number of likely N-dealkylation sites (tertiary alicyclic amines) is 2. The molecule has 1 aromatic carbocycles. The van der Waals surface area contributed by atoms with E-state index in [4.69, 9.17) is 4.42 Å². The number of carbonyl (C=O) groups is 1. The molecule has 0 bridgehead atoms. The second-order valence-electron chi connectivity index (χ2n) is 9.14. The molecule has 1 spiro atoms. The smallest absolute Gasteiger partial charge is 0.230 e. The fourth-order valence-electron chi connectivity index (χ4n) is 4.83. The van der Waals surface area contributed by atoms with Crippen LogP contribution in [0.4, 0.5) is 0 Å². The molecule has 6 heteroatoms. The zero-order chi connectivity index (χ0) is 19.7. The second-order valence-corrected chi connectivity index (χ2v) is 9.14. The largest absolute Gasteiger partial charge is 0.424 e. The van der Waals surface area contributed by atoms with E-state index in [9.17, 15) is 4.79 Å². The van der Waals surface area contributed by atoms with E-state index in [1.807, 2.05) is 6.07 Å². The van der Waals surface area contributed by atoms with Gasteiger partial charge in [-0.05, 0) is 62.6 Å². The molecule has 3 heterocycles. The van der Waals surface area contributed by atoms with Crippen LogP contribution in [0.2, 0.25) is 0 Å². The maximum atomic E-state index is 12.5. The normalized spacial score (nSPS) is 22.3. The van der Waals surface area contributed by atoms with Gasteiger partial charge in [-0.25, -0.2) is 0 Å². The summed E-state index contributed by atoms with van der Waals surface area (Å²) in [5.74, 6) is 2.43. The molecule has 3 aliphatic rings. The predicted octanol–water partition coefficient (Wildman–Crippen LogP) is 3.39. The molecule has 0 N–H and O–H groups in total. The zero-order valence-electron chi connectivity index (χ0n) is 17.1. The lowest BCUT2D eigenvalue weighted by molar-refractivity contribution is -0.139. The molecule has 2 aromatic rings. The maximum absolute atomic E-state index is 12.5. The fraction of sp³-hybridized carbons (Fsp3) is 0.609. The Balaban J connectivity index is 1.14. The summed E-state index contributed by atoms with van der Waals surface area (Å²) < 4.78 is 5.84. The Morgan fingerprint density at radius 1 is 1.07 bits per heavy atom. The summed E-state index contributed by atoms with van der Waals surface area (Å²) in [5.41, 5.74) is 1.59. The Kier molecular flexibility index (Phi) is 5.12. The van der Waals surface area contributed by atoms with Crippen molar-refractivity contribution in [2.75, 3.05) is 26.2 Å². The molecule has 29 heavy (non-hydrogen) atoms. The summed E-state index contributed by atoms with van der Waals surface area (Å²) in [5, 5.41) is 8.44. The van der Waals surface area contributed by atoms with Gasteiger partial charge in [0.2, 0.25) is 17.7 Å². The molecule has 1 saturated carbocycles. The Morgan fingerprint density at radius 2 is 1.86 bits per heavy atom. The maximum Gasteiger partial charge on any atom is 0.230 e. The SMILES string of the molecule is O=C1CCC2(CCN(Cc3nnc(C4CC4)o3)CC2)CN1CCc1ccccc1. The molecular formula is C23H30N4O2. The summed E-state index contributed by atoms with van der Waals surface area (Å²) in [6.07, 6.45) is 7.34. The molecule has 2 saturated heterocycles. The third-order valence-corrected chi connectivity index (χ3v) is 6.95. The Morgan fingerprint density at radius 3 is 2.62 bits per heavy atom. The molecule has 1 amide bonds. The summed E-state index contributed by atoms with van der Waals surface area (Å²) in [7, 11) is 0. The van der Waals surface area contributed by atoms with Crippen molar-refractivity contribution in [3.63, 3.8) is 0 Å². The summed E-state index contributed by atoms with van der Waals surface area (Å²) in [6.45, 7) is 4.59. The number of hydrogen-bond acceptors (Lipinski definition) is 5. The van der Waals surface area contributed by atoms with Crippen molar-refractivity contribution < 1.29 is 9.21 Å². The molecule has 1 aliphatic carbocycles. The van der Waals surface area contributed by atoms with Gasteiger partial charge in [0.05, 0.1) is 6.54 Å². The summed E-state index contributed by atoms with van der Waals surface area (Å²) in [6, 6.07) is 10.5. The average Bonchev–Trinajstić information content (AvgIpc) is 3.50. The molecule has 0 atom stereocenters. The van der Waals surface area contributed by atoms with Gasteiger partial charge < -0.3 is 9.32 Å². The lowest BCUT2D eigenvalue weighted by Crippen LogP contribution is -2.51. The van der Waals surface area contributed by atoms with Gasteiger partial charge in [-0.1, -0.05) is 30.3 Å². The highest BCUT2D eigenvalue weighted by atomic mass is 16.4. The van der Waals surface area contributed by atoms with E-state index < -0.39 is 0 Å². The highest BCUT2D eigenvalue weighted by molar-refractivity contribution is 5.77. The number of nitrogens with zero attached hydrogens (tertiary/aromatic N) is 4. The van der Waals surface area contributed by atoms with Gasteiger partial charge in [0.15, 0.2) is 0 Å². The van der Waals surface area contributed by atoms with Crippen molar-refractivity contribution in [1.82, 2.24) is 20.0 Å². The molecule has 0 unspecified atom stereocenters. The fourth-order valence-corrected chi connectivity index (χ4v) is 4.83. The minimum absolute atomic E-state index is 0.287. The topological polar surface area (TPSA) is 62.5 Å². The summed E-state index contributed by atoms with van der Waals surface area (Å²) in [4.78, 5) is 17.0. The molecule has 5 rings (SSSR count). The van der Waals surface area contributed by atoms with Crippen LogP contribution in [-0.4, -0.2) is 52.1 Å². The quantitative estimate of drug-likeness (QED) is 0.751.